The lowest BCUT2D eigenvalue weighted by molar-refractivity contribution is -0.184. The molecule has 0 radical (unpaired) electrons. The van der Waals surface area contributed by atoms with Gasteiger partial charge in [-0.15, -0.1) is 0 Å². The number of nitrogens with zero attached hydrogens (tertiary/aromatic N) is 2. The molecule has 2 amide bonds. The first-order valence-corrected chi connectivity index (χ1v) is 7.98. The number of alkyl halides is 3. The minimum atomic E-state index is -4.82. The Bertz CT molecular complexity index is 573. The third-order valence-corrected chi connectivity index (χ3v) is 5.07. The summed E-state index contributed by atoms with van der Waals surface area (Å²) in [6.45, 7) is 1.17. The zero-order valence-corrected chi connectivity index (χ0v) is 12.5. The van der Waals surface area contributed by atoms with E-state index in [9.17, 15) is 22.8 Å². The Hall–Kier alpha value is -1.57. The van der Waals surface area contributed by atoms with E-state index in [2.05, 4.69) is 0 Å². The first kappa shape index (κ1) is 15.3. The largest absolute Gasteiger partial charge is 0.471 e. The van der Waals surface area contributed by atoms with Crippen LogP contribution < -0.4 is 0 Å². The number of likely N-dealkylation sites (tertiary alicyclic amines) is 2. The average Bonchev–Trinajstić information content (AvgIpc) is 3.12. The third kappa shape index (κ3) is 2.84. The Balaban J connectivity index is 1.65. The average molecular weight is 332 g/mol. The summed E-state index contributed by atoms with van der Waals surface area (Å²) in [5, 5.41) is 3.59. The zero-order chi connectivity index (χ0) is 15.9. The van der Waals surface area contributed by atoms with Gasteiger partial charge in [-0.3, -0.25) is 9.59 Å². The molecule has 4 nitrogen and oxygen atoms in total. The van der Waals surface area contributed by atoms with Crippen molar-refractivity contribution in [2.24, 2.45) is 11.8 Å². The number of carbonyl (C=O) groups is 2. The number of amides is 2. The van der Waals surface area contributed by atoms with Gasteiger partial charge in [0.2, 0.25) is 0 Å². The number of hydrogen-bond acceptors (Lipinski definition) is 3. The lowest BCUT2D eigenvalue weighted by Gasteiger charge is -2.34. The molecule has 0 N–H and O–H groups in total. The van der Waals surface area contributed by atoms with Crippen molar-refractivity contribution < 1.29 is 22.8 Å². The van der Waals surface area contributed by atoms with E-state index in [0.717, 1.165) is 4.90 Å². The van der Waals surface area contributed by atoms with Crippen LogP contribution in [-0.2, 0) is 4.79 Å². The number of hydrogen-bond donors (Lipinski definition) is 0. The summed E-state index contributed by atoms with van der Waals surface area (Å²) in [6.07, 6.45) is -4.18. The van der Waals surface area contributed by atoms with E-state index in [1.807, 2.05) is 5.38 Å². The van der Waals surface area contributed by atoms with Gasteiger partial charge in [-0.05, 0) is 29.7 Å². The van der Waals surface area contributed by atoms with Crippen LogP contribution in [0.25, 0.3) is 0 Å². The van der Waals surface area contributed by atoms with Crippen molar-refractivity contribution in [2.75, 3.05) is 26.2 Å². The summed E-state index contributed by atoms with van der Waals surface area (Å²) in [6, 6.07) is 1.74. The summed E-state index contributed by atoms with van der Waals surface area (Å²) >= 11 is 1.43. The minimum absolute atomic E-state index is 0.0535. The molecule has 1 aromatic rings. The van der Waals surface area contributed by atoms with E-state index in [4.69, 9.17) is 0 Å². The molecule has 0 unspecified atom stereocenters. The van der Waals surface area contributed by atoms with Crippen molar-refractivity contribution in [3.05, 3.63) is 22.4 Å². The van der Waals surface area contributed by atoms with E-state index in [1.165, 1.54) is 11.3 Å². The molecular formula is C14H15F3N2O2S. The fourth-order valence-corrected chi connectivity index (χ4v) is 3.90. The molecule has 120 valence electrons. The van der Waals surface area contributed by atoms with Crippen molar-refractivity contribution in [3.8, 4) is 0 Å². The number of carbonyl (C=O) groups excluding carboxylic acids is 2. The topological polar surface area (TPSA) is 40.6 Å². The quantitative estimate of drug-likeness (QED) is 0.791. The second kappa shape index (κ2) is 5.57. The molecule has 1 aromatic heterocycles. The van der Waals surface area contributed by atoms with Gasteiger partial charge < -0.3 is 9.80 Å². The van der Waals surface area contributed by atoms with Crippen molar-refractivity contribution in [1.82, 2.24) is 9.80 Å². The Morgan fingerprint density at radius 1 is 1.14 bits per heavy atom. The van der Waals surface area contributed by atoms with Gasteiger partial charge in [-0.2, -0.15) is 24.5 Å². The molecule has 2 atom stereocenters. The SMILES string of the molecule is O=C(c1ccsc1)N1CC[C@H]2CN(C(=O)C(F)(F)F)C[C@H]2C1. The van der Waals surface area contributed by atoms with Crippen LogP contribution in [-0.4, -0.2) is 54.0 Å². The van der Waals surface area contributed by atoms with Crippen LogP contribution in [0.15, 0.2) is 16.8 Å². The summed E-state index contributed by atoms with van der Waals surface area (Å²) < 4.78 is 37.5. The maximum Gasteiger partial charge on any atom is 0.471 e. The van der Waals surface area contributed by atoms with Gasteiger partial charge in [0.1, 0.15) is 0 Å². The highest BCUT2D eigenvalue weighted by molar-refractivity contribution is 7.08. The molecule has 8 heteroatoms. The second-order valence-corrected chi connectivity index (χ2v) is 6.56. The normalized spacial score (nSPS) is 25.2. The molecule has 2 aliphatic rings. The molecular weight excluding hydrogens is 317 g/mol. The van der Waals surface area contributed by atoms with Gasteiger partial charge >= 0.3 is 12.1 Å². The highest BCUT2D eigenvalue weighted by atomic mass is 32.1. The third-order valence-electron chi connectivity index (χ3n) is 4.39. The summed E-state index contributed by atoms with van der Waals surface area (Å²) in [7, 11) is 0. The molecule has 2 aliphatic heterocycles. The lowest BCUT2D eigenvalue weighted by Crippen LogP contribution is -2.43. The first-order valence-electron chi connectivity index (χ1n) is 7.04. The standard InChI is InChI=1S/C14H15F3N2O2S/c15-14(16,17)13(21)19-5-9-1-3-18(6-11(9)7-19)12(20)10-2-4-22-8-10/h2,4,8-9,11H,1,3,5-7H2/t9-,11+/m0/s1. The fraction of sp³-hybridized carbons (Fsp3) is 0.571. The van der Waals surface area contributed by atoms with Gasteiger partial charge in [0.05, 0.1) is 5.56 Å². The summed E-state index contributed by atoms with van der Waals surface area (Å²) in [5.41, 5.74) is 0.615. The van der Waals surface area contributed by atoms with E-state index in [0.29, 0.717) is 25.1 Å². The summed E-state index contributed by atoms with van der Waals surface area (Å²) in [4.78, 5) is 26.2. The van der Waals surface area contributed by atoms with Crippen LogP contribution in [0.1, 0.15) is 16.8 Å². The number of fused-ring (bicyclic) bond motifs is 1. The fourth-order valence-electron chi connectivity index (χ4n) is 3.27. The minimum Gasteiger partial charge on any atom is -0.338 e. The van der Waals surface area contributed by atoms with E-state index in [-0.39, 0.29) is 30.8 Å². The predicted octanol–water partition coefficient (Wildman–Crippen LogP) is 2.23. The molecule has 2 saturated heterocycles. The Labute approximate surface area is 129 Å². The van der Waals surface area contributed by atoms with Crippen LogP contribution in [0.5, 0.6) is 0 Å². The number of thiophene rings is 1. The van der Waals surface area contributed by atoms with Gasteiger partial charge in [-0.25, -0.2) is 0 Å². The summed E-state index contributed by atoms with van der Waals surface area (Å²) in [5.74, 6) is -1.86. The highest BCUT2D eigenvalue weighted by Gasteiger charge is 2.48. The maximum absolute atomic E-state index is 12.5. The van der Waals surface area contributed by atoms with Crippen molar-refractivity contribution >= 4 is 23.2 Å². The molecule has 3 rings (SSSR count). The predicted molar refractivity (Wildman–Crippen MR) is 74.5 cm³/mol. The Kier molecular flexibility index (Phi) is 3.88. The number of rotatable bonds is 1. The van der Waals surface area contributed by atoms with Crippen LogP contribution in [0.3, 0.4) is 0 Å². The van der Waals surface area contributed by atoms with Gasteiger partial charge in [-0.1, -0.05) is 0 Å². The Morgan fingerprint density at radius 3 is 2.45 bits per heavy atom. The van der Waals surface area contributed by atoms with Crippen LogP contribution in [0, 0.1) is 11.8 Å². The van der Waals surface area contributed by atoms with Gasteiger partial charge in [0, 0.05) is 31.6 Å². The van der Waals surface area contributed by atoms with Crippen molar-refractivity contribution in [3.63, 3.8) is 0 Å². The van der Waals surface area contributed by atoms with Crippen LogP contribution in [0.2, 0.25) is 0 Å². The van der Waals surface area contributed by atoms with Crippen molar-refractivity contribution in [1.29, 1.82) is 0 Å². The van der Waals surface area contributed by atoms with Crippen molar-refractivity contribution in [2.45, 2.75) is 12.6 Å². The van der Waals surface area contributed by atoms with Crippen LogP contribution >= 0.6 is 11.3 Å². The molecule has 3 heterocycles. The lowest BCUT2D eigenvalue weighted by atomic mass is 9.88. The number of halogens is 3. The Morgan fingerprint density at radius 2 is 1.82 bits per heavy atom. The van der Waals surface area contributed by atoms with Gasteiger partial charge in [0.15, 0.2) is 0 Å². The molecule has 0 spiro atoms. The maximum atomic E-state index is 12.5. The van der Waals surface area contributed by atoms with E-state index in [1.54, 1.807) is 16.3 Å². The molecule has 2 fully saturated rings. The monoisotopic (exact) mass is 332 g/mol. The smallest absolute Gasteiger partial charge is 0.338 e. The molecule has 0 aliphatic carbocycles. The number of piperidine rings is 1. The van der Waals surface area contributed by atoms with E-state index < -0.39 is 12.1 Å². The molecule has 0 saturated carbocycles. The molecule has 0 aromatic carbocycles. The molecule has 0 bridgehead atoms. The zero-order valence-electron chi connectivity index (χ0n) is 11.7. The van der Waals surface area contributed by atoms with Gasteiger partial charge in [0.25, 0.3) is 5.91 Å². The first-order chi connectivity index (χ1) is 10.4. The van der Waals surface area contributed by atoms with E-state index >= 15 is 0 Å². The second-order valence-electron chi connectivity index (χ2n) is 5.78. The highest BCUT2D eigenvalue weighted by Crippen LogP contribution is 2.34. The van der Waals surface area contributed by atoms with Crippen LogP contribution in [0.4, 0.5) is 13.2 Å². The molecule has 22 heavy (non-hydrogen) atoms.